The second-order valence-electron chi connectivity index (χ2n) is 2.80. The van der Waals surface area contributed by atoms with E-state index in [9.17, 15) is 0 Å². The highest BCUT2D eigenvalue weighted by Crippen LogP contribution is 1.91. The van der Waals surface area contributed by atoms with Crippen LogP contribution in [0, 0.1) is 0 Å². The van der Waals surface area contributed by atoms with Crippen LogP contribution in [0.4, 0.5) is 0 Å². The monoisotopic (exact) mass is 164 g/mol. The number of hydrogen-bond donors (Lipinski definition) is 0. The number of hydrogen-bond acceptors (Lipinski definition) is 2. The van der Waals surface area contributed by atoms with Gasteiger partial charge in [0, 0.05) is 6.20 Å². The van der Waals surface area contributed by atoms with Gasteiger partial charge >= 0.3 is 0 Å². The fourth-order valence-corrected chi connectivity index (χ4v) is 0.497. The molecule has 0 bridgehead atoms. The smallest absolute Gasteiger partial charge is 0.0623 e. The molecule has 0 radical (unpaired) electrons. The number of aromatic nitrogens is 1. The van der Waals surface area contributed by atoms with Crippen molar-refractivity contribution in [3.8, 4) is 0 Å². The van der Waals surface area contributed by atoms with Crippen LogP contribution in [0.5, 0.6) is 0 Å². The van der Waals surface area contributed by atoms with E-state index in [1.54, 1.807) is 12.3 Å². The van der Waals surface area contributed by atoms with Crippen LogP contribution in [-0.4, -0.2) is 31.0 Å². The molecule has 0 aliphatic carbocycles. The molecule has 0 saturated heterocycles. The van der Waals surface area contributed by atoms with E-state index in [0.29, 0.717) is 0 Å². The first kappa shape index (κ1) is 10.8. The van der Waals surface area contributed by atoms with Crippen molar-refractivity contribution in [2.75, 3.05) is 21.1 Å². The van der Waals surface area contributed by atoms with Crippen LogP contribution in [0.3, 0.4) is 0 Å². The lowest BCUT2D eigenvalue weighted by atomic mass is 10.4. The number of rotatable bonds is 1. The van der Waals surface area contributed by atoms with E-state index >= 15 is 0 Å². The van der Waals surface area contributed by atoms with Crippen LogP contribution < -0.4 is 0 Å². The standard InChI is InChI=1S/C7H7N.C3H9N/c1-2-7-5-3-4-6-8-7;1-4(2)3/h2-6H,1H2;1-3H3. The normalized spacial score (nSPS) is 8.67. The first-order valence-corrected chi connectivity index (χ1v) is 3.81. The molecule has 1 heterocycles. The SMILES string of the molecule is C=Cc1ccccn1.CN(C)C. The summed E-state index contributed by atoms with van der Waals surface area (Å²) in [5.41, 5.74) is 0.924. The first-order chi connectivity index (χ1) is 5.66. The molecule has 66 valence electrons. The van der Waals surface area contributed by atoms with E-state index in [4.69, 9.17) is 0 Å². The Labute approximate surface area is 74.6 Å². The summed E-state index contributed by atoms with van der Waals surface area (Å²) in [4.78, 5) is 5.98. The third kappa shape index (κ3) is 6.96. The molecule has 12 heavy (non-hydrogen) atoms. The Morgan fingerprint density at radius 3 is 2.17 bits per heavy atom. The van der Waals surface area contributed by atoms with Crippen LogP contribution >= 0.6 is 0 Å². The molecule has 0 spiro atoms. The van der Waals surface area contributed by atoms with Crippen molar-refractivity contribution < 1.29 is 0 Å². The minimum atomic E-state index is 0.924. The zero-order chi connectivity index (χ0) is 9.40. The van der Waals surface area contributed by atoms with Crippen LogP contribution in [0.15, 0.2) is 31.0 Å². The van der Waals surface area contributed by atoms with Gasteiger partial charge in [-0.3, -0.25) is 4.98 Å². The highest BCUT2D eigenvalue weighted by atomic mass is 15.0. The lowest BCUT2D eigenvalue weighted by molar-refractivity contribution is 0.505. The average Bonchev–Trinajstić information content (AvgIpc) is 2.05. The Kier molecular flexibility index (Phi) is 5.93. The second kappa shape index (κ2) is 6.55. The topological polar surface area (TPSA) is 16.1 Å². The van der Waals surface area contributed by atoms with Crippen molar-refractivity contribution >= 4 is 6.08 Å². The van der Waals surface area contributed by atoms with Crippen LogP contribution in [0.2, 0.25) is 0 Å². The van der Waals surface area contributed by atoms with Gasteiger partial charge in [-0.15, -0.1) is 0 Å². The van der Waals surface area contributed by atoms with Gasteiger partial charge in [-0.25, -0.2) is 0 Å². The van der Waals surface area contributed by atoms with Crippen molar-refractivity contribution in [2.24, 2.45) is 0 Å². The molecule has 1 aromatic heterocycles. The Morgan fingerprint density at radius 2 is 1.92 bits per heavy atom. The van der Waals surface area contributed by atoms with Crippen LogP contribution in [0.25, 0.3) is 6.08 Å². The summed E-state index contributed by atoms with van der Waals surface area (Å²) in [6.45, 7) is 3.57. The first-order valence-electron chi connectivity index (χ1n) is 3.81. The van der Waals surface area contributed by atoms with Crippen LogP contribution in [-0.2, 0) is 0 Å². The third-order valence-corrected chi connectivity index (χ3v) is 0.897. The van der Waals surface area contributed by atoms with Gasteiger partial charge in [0.2, 0.25) is 0 Å². The Balaban J connectivity index is 0.000000261. The maximum atomic E-state index is 3.98. The zero-order valence-electron chi connectivity index (χ0n) is 7.99. The quantitative estimate of drug-likeness (QED) is 0.630. The molecule has 1 aromatic rings. The summed E-state index contributed by atoms with van der Waals surface area (Å²) in [5, 5.41) is 0. The second-order valence-corrected chi connectivity index (χ2v) is 2.80. The molecular formula is C10H16N2. The molecule has 0 unspecified atom stereocenters. The van der Waals surface area contributed by atoms with Gasteiger partial charge in [0.15, 0.2) is 0 Å². The van der Waals surface area contributed by atoms with Gasteiger partial charge in [0.25, 0.3) is 0 Å². The Bertz CT molecular complexity index is 202. The van der Waals surface area contributed by atoms with Gasteiger partial charge in [0.1, 0.15) is 0 Å². The number of pyridine rings is 1. The van der Waals surface area contributed by atoms with E-state index in [0.717, 1.165) is 5.69 Å². The fourth-order valence-electron chi connectivity index (χ4n) is 0.497. The highest BCUT2D eigenvalue weighted by Gasteiger charge is 1.77. The average molecular weight is 164 g/mol. The molecule has 0 N–H and O–H groups in total. The van der Waals surface area contributed by atoms with Crippen molar-refractivity contribution in [1.29, 1.82) is 0 Å². The molecule has 0 amide bonds. The maximum absolute atomic E-state index is 3.98. The molecule has 2 heteroatoms. The van der Waals surface area contributed by atoms with Crippen molar-refractivity contribution in [3.63, 3.8) is 0 Å². The van der Waals surface area contributed by atoms with Crippen molar-refractivity contribution in [2.45, 2.75) is 0 Å². The molecule has 0 aromatic carbocycles. The van der Waals surface area contributed by atoms with E-state index in [1.807, 2.05) is 44.2 Å². The van der Waals surface area contributed by atoms with Crippen LogP contribution in [0.1, 0.15) is 5.69 Å². The molecule has 0 fully saturated rings. The Hall–Kier alpha value is -1.15. The zero-order valence-corrected chi connectivity index (χ0v) is 7.99. The Morgan fingerprint density at radius 1 is 1.33 bits per heavy atom. The lowest BCUT2D eigenvalue weighted by Crippen LogP contribution is -1.99. The van der Waals surface area contributed by atoms with E-state index in [-0.39, 0.29) is 0 Å². The number of nitrogens with zero attached hydrogens (tertiary/aromatic N) is 2. The molecule has 0 atom stereocenters. The summed E-state index contributed by atoms with van der Waals surface area (Å²) in [5.74, 6) is 0. The van der Waals surface area contributed by atoms with E-state index in [1.165, 1.54) is 0 Å². The summed E-state index contributed by atoms with van der Waals surface area (Å²) in [7, 11) is 6.00. The summed E-state index contributed by atoms with van der Waals surface area (Å²) < 4.78 is 0. The van der Waals surface area contributed by atoms with Gasteiger partial charge in [-0.2, -0.15) is 0 Å². The largest absolute Gasteiger partial charge is 0.312 e. The molecule has 0 aliphatic rings. The van der Waals surface area contributed by atoms with Gasteiger partial charge in [-0.05, 0) is 39.4 Å². The van der Waals surface area contributed by atoms with E-state index in [2.05, 4.69) is 11.6 Å². The highest BCUT2D eigenvalue weighted by molar-refractivity contribution is 5.40. The molecular weight excluding hydrogens is 148 g/mol. The molecule has 1 rings (SSSR count). The van der Waals surface area contributed by atoms with Gasteiger partial charge in [0.05, 0.1) is 5.69 Å². The third-order valence-electron chi connectivity index (χ3n) is 0.897. The lowest BCUT2D eigenvalue weighted by Gasteiger charge is -1.90. The minimum absolute atomic E-state index is 0.924. The van der Waals surface area contributed by atoms with Crippen molar-refractivity contribution in [3.05, 3.63) is 36.7 Å². The van der Waals surface area contributed by atoms with Crippen molar-refractivity contribution in [1.82, 2.24) is 9.88 Å². The predicted octanol–water partition coefficient (Wildman–Crippen LogP) is 1.90. The predicted molar refractivity (Wildman–Crippen MR) is 53.9 cm³/mol. The fraction of sp³-hybridized carbons (Fsp3) is 0.300. The molecule has 2 nitrogen and oxygen atoms in total. The minimum Gasteiger partial charge on any atom is -0.312 e. The summed E-state index contributed by atoms with van der Waals surface area (Å²) in [6, 6.07) is 5.73. The molecule has 0 saturated carbocycles. The summed E-state index contributed by atoms with van der Waals surface area (Å²) in [6.07, 6.45) is 3.47. The van der Waals surface area contributed by atoms with Gasteiger partial charge < -0.3 is 4.90 Å². The van der Waals surface area contributed by atoms with Gasteiger partial charge in [-0.1, -0.05) is 12.6 Å². The molecule has 0 aliphatic heterocycles. The van der Waals surface area contributed by atoms with E-state index < -0.39 is 0 Å². The summed E-state index contributed by atoms with van der Waals surface area (Å²) >= 11 is 0. The maximum Gasteiger partial charge on any atom is 0.0623 e.